The van der Waals surface area contributed by atoms with Gasteiger partial charge in [0.05, 0.1) is 5.56 Å². The third kappa shape index (κ3) is 4.92. The number of anilines is 1. The highest BCUT2D eigenvalue weighted by Crippen LogP contribution is 2.23. The molecule has 0 radical (unpaired) electrons. The van der Waals surface area contributed by atoms with E-state index in [4.69, 9.17) is 9.47 Å². The molecule has 1 fully saturated rings. The number of hydrogen-bond acceptors (Lipinski definition) is 5. The van der Waals surface area contributed by atoms with Gasteiger partial charge >= 0.3 is 5.97 Å². The molecule has 128 valence electrons. The molecule has 0 bridgehead atoms. The number of rotatable bonds is 7. The molecule has 6 heteroatoms. The summed E-state index contributed by atoms with van der Waals surface area (Å²) in [6.07, 6.45) is 2.27. The fraction of sp³-hybridized carbons (Fsp3) is 0.588. The molecule has 0 unspecified atom stereocenters. The van der Waals surface area contributed by atoms with Crippen LogP contribution in [-0.4, -0.2) is 62.7 Å². The van der Waals surface area contributed by atoms with Crippen molar-refractivity contribution in [2.45, 2.75) is 31.6 Å². The van der Waals surface area contributed by atoms with Gasteiger partial charge in [-0.1, -0.05) is 0 Å². The highest BCUT2D eigenvalue weighted by atomic mass is 16.7. The Morgan fingerprint density at radius 3 is 2.57 bits per heavy atom. The number of carbonyl (C=O) groups is 1. The van der Waals surface area contributed by atoms with Gasteiger partial charge in [0, 0.05) is 32.4 Å². The molecule has 0 amide bonds. The van der Waals surface area contributed by atoms with Crippen molar-refractivity contribution in [2.24, 2.45) is 0 Å². The molecule has 1 aromatic rings. The Hall–Kier alpha value is -1.63. The van der Waals surface area contributed by atoms with E-state index in [2.05, 4.69) is 17.3 Å². The lowest BCUT2D eigenvalue weighted by Gasteiger charge is -2.31. The summed E-state index contributed by atoms with van der Waals surface area (Å²) in [6, 6.07) is 5.59. The second-order valence-electron chi connectivity index (χ2n) is 6.00. The van der Waals surface area contributed by atoms with Gasteiger partial charge in [0.25, 0.3) is 0 Å². The third-order valence-electron chi connectivity index (χ3n) is 4.34. The van der Waals surface area contributed by atoms with Gasteiger partial charge in [-0.15, -0.1) is 0 Å². The first-order chi connectivity index (χ1) is 11.0. The Morgan fingerprint density at radius 1 is 1.35 bits per heavy atom. The zero-order chi connectivity index (χ0) is 16.8. The van der Waals surface area contributed by atoms with Gasteiger partial charge < -0.3 is 24.8 Å². The second-order valence-corrected chi connectivity index (χ2v) is 6.00. The first-order valence-corrected chi connectivity index (χ1v) is 7.90. The lowest BCUT2D eigenvalue weighted by atomic mass is 10.0. The summed E-state index contributed by atoms with van der Waals surface area (Å²) in [7, 11) is 5.30. The Morgan fingerprint density at radius 2 is 2.00 bits per heavy atom. The van der Waals surface area contributed by atoms with Crippen molar-refractivity contribution >= 4 is 11.7 Å². The van der Waals surface area contributed by atoms with E-state index >= 15 is 0 Å². The average molecular weight is 322 g/mol. The lowest BCUT2D eigenvalue weighted by molar-refractivity contribution is -0.100. The Kier molecular flexibility index (Phi) is 6.38. The molecule has 1 aromatic carbocycles. The van der Waals surface area contributed by atoms with Crippen LogP contribution in [0.3, 0.4) is 0 Å². The zero-order valence-corrected chi connectivity index (χ0v) is 14.0. The van der Waals surface area contributed by atoms with Crippen LogP contribution in [0.2, 0.25) is 0 Å². The van der Waals surface area contributed by atoms with Crippen molar-refractivity contribution in [1.29, 1.82) is 0 Å². The van der Waals surface area contributed by atoms with Crippen LogP contribution in [0, 0.1) is 0 Å². The van der Waals surface area contributed by atoms with Gasteiger partial charge in [-0.25, -0.2) is 4.79 Å². The van der Waals surface area contributed by atoms with E-state index in [1.165, 1.54) is 0 Å². The van der Waals surface area contributed by atoms with Gasteiger partial charge in [-0.3, -0.25) is 0 Å². The Balaban J connectivity index is 2.17. The Bertz CT molecular complexity index is 523. The predicted molar refractivity (Wildman–Crippen MR) is 89.1 cm³/mol. The van der Waals surface area contributed by atoms with E-state index in [0.717, 1.165) is 37.2 Å². The van der Waals surface area contributed by atoms with E-state index in [0.29, 0.717) is 12.5 Å². The summed E-state index contributed by atoms with van der Waals surface area (Å²) in [5.74, 6) is -0.927. The number of benzene rings is 1. The number of piperidine rings is 1. The van der Waals surface area contributed by atoms with Crippen molar-refractivity contribution in [3.8, 4) is 0 Å². The molecule has 0 aromatic heterocycles. The summed E-state index contributed by atoms with van der Waals surface area (Å²) in [6.45, 7) is 2.14. The fourth-order valence-corrected chi connectivity index (χ4v) is 2.85. The van der Waals surface area contributed by atoms with Crippen molar-refractivity contribution in [3.63, 3.8) is 0 Å². The van der Waals surface area contributed by atoms with Crippen molar-refractivity contribution < 1.29 is 19.4 Å². The minimum atomic E-state index is -0.927. The van der Waals surface area contributed by atoms with Crippen LogP contribution in [0.1, 0.15) is 28.8 Å². The molecular weight excluding hydrogens is 296 g/mol. The van der Waals surface area contributed by atoms with E-state index in [1.807, 2.05) is 6.07 Å². The SMILES string of the molecule is COC(Cc1cc(C(=O)O)ccc1NC1CCN(C)CC1)OC. The molecule has 1 heterocycles. The number of likely N-dealkylation sites (tertiary alicyclic amines) is 1. The summed E-state index contributed by atoms with van der Waals surface area (Å²) < 4.78 is 10.5. The summed E-state index contributed by atoms with van der Waals surface area (Å²) in [5.41, 5.74) is 2.14. The quantitative estimate of drug-likeness (QED) is 0.749. The number of ether oxygens (including phenoxy) is 2. The minimum Gasteiger partial charge on any atom is -0.478 e. The zero-order valence-electron chi connectivity index (χ0n) is 14.0. The van der Waals surface area contributed by atoms with Crippen LogP contribution in [0.25, 0.3) is 0 Å². The number of nitrogens with zero attached hydrogens (tertiary/aromatic N) is 1. The topological polar surface area (TPSA) is 71.0 Å². The molecule has 0 spiro atoms. The highest BCUT2D eigenvalue weighted by molar-refractivity contribution is 5.88. The molecular formula is C17H26N2O4. The first-order valence-electron chi connectivity index (χ1n) is 7.90. The smallest absolute Gasteiger partial charge is 0.335 e. The van der Waals surface area contributed by atoms with Crippen molar-refractivity contribution in [1.82, 2.24) is 4.90 Å². The monoisotopic (exact) mass is 322 g/mol. The standard InChI is InChI=1S/C17H26N2O4/c1-19-8-6-14(7-9-19)18-15-5-4-12(17(20)21)10-13(15)11-16(22-2)23-3/h4-5,10,14,16,18H,6-9,11H2,1-3H3,(H,20,21). The molecule has 0 saturated carbocycles. The van der Waals surface area contributed by atoms with Gasteiger partial charge in [0.2, 0.25) is 0 Å². The van der Waals surface area contributed by atoms with Crippen molar-refractivity contribution in [2.75, 3.05) is 39.7 Å². The van der Waals surface area contributed by atoms with Gasteiger partial charge in [-0.05, 0) is 56.7 Å². The molecule has 1 saturated heterocycles. The highest BCUT2D eigenvalue weighted by Gasteiger charge is 2.19. The van der Waals surface area contributed by atoms with Gasteiger partial charge in [-0.2, -0.15) is 0 Å². The molecule has 0 atom stereocenters. The van der Waals surface area contributed by atoms with Crippen LogP contribution in [0.15, 0.2) is 18.2 Å². The lowest BCUT2D eigenvalue weighted by Crippen LogP contribution is -2.37. The van der Waals surface area contributed by atoms with E-state index in [9.17, 15) is 9.90 Å². The first kappa shape index (κ1) is 17.7. The third-order valence-corrected chi connectivity index (χ3v) is 4.34. The number of nitrogens with one attached hydrogen (secondary N) is 1. The maximum atomic E-state index is 11.2. The van der Waals surface area contributed by atoms with Crippen LogP contribution in [0.4, 0.5) is 5.69 Å². The molecule has 0 aliphatic carbocycles. The number of carboxylic acid groups (broad SMARTS) is 1. The number of methoxy groups -OCH3 is 2. The van der Waals surface area contributed by atoms with E-state index < -0.39 is 12.3 Å². The van der Waals surface area contributed by atoms with Gasteiger partial charge in [0.15, 0.2) is 6.29 Å². The summed E-state index contributed by atoms with van der Waals surface area (Å²) >= 11 is 0. The van der Waals surface area contributed by atoms with Crippen LogP contribution >= 0.6 is 0 Å². The molecule has 23 heavy (non-hydrogen) atoms. The minimum absolute atomic E-state index is 0.278. The van der Waals surface area contributed by atoms with E-state index in [1.54, 1.807) is 26.4 Å². The molecule has 1 aliphatic heterocycles. The Labute approximate surface area is 137 Å². The normalized spacial score (nSPS) is 16.7. The molecule has 6 nitrogen and oxygen atoms in total. The second kappa shape index (κ2) is 8.29. The number of aromatic carboxylic acids is 1. The summed E-state index contributed by atoms with van der Waals surface area (Å²) in [5, 5.41) is 12.8. The van der Waals surface area contributed by atoms with Crippen LogP contribution in [-0.2, 0) is 15.9 Å². The maximum Gasteiger partial charge on any atom is 0.335 e. The molecule has 1 aliphatic rings. The molecule has 2 rings (SSSR count). The van der Waals surface area contributed by atoms with Gasteiger partial charge in [0.1, 0.15) is 0 Å². The van der Waals surface area contributed by atoms with Crippen LogP contribution in [0.5, 0.6) is 0 Å². The summed E-state index contributed by atoms with van der Waals surface area (Å²) in [4.78, 5) is 13.5. The average Bonchev–Trinajstić information content (AvgIpc) is 2.55. The van der Waals surface area contributed by atoms with E-state index in [-0.39, 0.29) is 5.56 Å². The fourth-order valence-electron chi connectivity index (χ4n) is 2.85. The van der Waals surface area contributed by atoms with Crippen LogP contribution < -0.4 is 5.32 Å². The maximum absolute atomic E-state index is 11.2. The van der Waals surface area contributed by atoms with Crippen molar-refractivity contribution in [3.05, 3.63) is 29.3 Å². The predicted octanol–water partition coefficient (Wildman–Crippen LogP) is 2.05. The molecule has 2 N–H and O–H groups in total. The number of hydrogen-bond donors (Lipinski definition) is 2. The number of carboxylic acids is 1. The largest absolute Gasteiger partial charge is 0.478 e.